The molecule has 0 saturated carbocycles. The molecule has 0 radical (unpaired) electrons. The molecule has 0 fully saturated rings. The lowest BCUT2D eigenvalue weighted by atomic mass is 10.3. The minimum absolute atomic E-state index is 0.120. The second-order valence-corrected chi connectivity index (χ2v) is 3.78. The van der Waals surface area contributed by atoms with E-state index >= 15 is 0 Å². The van der Waals surface area contributed by atoms with Crippen LogP contribution in [0.5, 0.6) is 0 Å². The third-order valence-corrected chi connectivity index (χ3v) is 2.47. The van der Waals surface area contributed by atoms with Gasteiger partial charge in [0, 0.05) is 12.3 Å². The molecule has 7 heteroatoms. The number of halogens is 2. The number of carbonyl (C=O) groups is 1. The number of hydrogen-bond donors (Lipinski definition) is 1. The summed E-state index contributed by atoms with van der Waals surface area (Å²) in [6.45, 7) is 0. The fraction of sp³-hybridized carbons (Fsp3) is 0. The van der Waals surface area contributed by atoms with Crippen molar-refractivity contribution in [3.8, 4) is 5.69 Å². The van der Waals surface area contributed by atoms with E-state index in [-0.39, 0.29) is 5.02 Å². The summed E-state index contributed by atoms with van der Waals surface area (Å²) in [6, 6.07) is 4.83. The van der Waals surface area contributed by atoms with E-state index in [0.717, 1.165) is 16.8 Å². The number of aromatic carboxylic acids is 1. The van der Waals surface area contributed by atoms with Crippen LogP contribution in [-0.2, 0) is 0 Å². The number of nitrogens with zero attached hydrogens (tertiary/aromatic N) is 2. The molecule has 2 rings (SSSR count). The van der Waals surface area contributed by atoms with Gasteiger partial charge >= 0.3 is 5.97 Å². The predicted molar refractivity (Wildman–Crippen MR) is 61.8 cm³/mol. The zero-order valence-electron chi connectivity index (χ0n) is 8.80. The van der Waals surface area contributed by atoms with Crippen molar-refractivity contribution in [3.05, 3.63) is 57.2 Å². The van der Waals surface area contributed by atoms with Crippen molar-refractivity contribution < 1.29 is 14.3 Å². The standard InChI is InChI=1S/C11H6ClFN2O3/c12-7-5-6(1-2-8(7)13)15-4-3-9(16)10(14-15)11(17)18/h1-5H,(H,17,18). The number of benzene rings is 1. The lowest BCUT2D eigenvalue weighted by Gasteiger charge is -2.06. The van der Waals surface area contributed by atoms with Gasteiger partial charge in [-0.05, 0) is 18.2 Å². The van der Waals surface area contributed by atoms with Gasteiger partial charge in [0.2, 0.25) is 11.1 Å². The van der Waals surface area contributed by atoms with Gasteiger partial charge in [-0.2, -0.15) is 5.10 Å². The van der Waals surface area contributed by atoms with Gasteiger partial charge in [0.15, 0.2) is 0 Å². The molecule has 1 aromatic carbocycles. The van der Waals surface area contributed by atoms with E-state index in [4.69, 9.17) is 16.7 Å². The molecule has 2 aromatic rings. The van der Waals surface area contributed by atoms with Gasteiger partial charge in [0.1, 0.15) is 5.82 Å². The fourth-order valence-electron chi connectivity index (χ4n) is 1.33. The molecule has 1 aromatic heterocycles. The molecule has 92 valence electrons. The summed E-state index contributed by atoms with van der Waals surface area (Å²) in [5, 5.41) is 12.3. The molecule has 0 atom stereocenters. The SMILES string of the molecule is O=C(O)c1nn(-c2ccc(F)c(Cl)c2)ccc1=O. The van der Waals surface area contributed by atoms with Crippen LogP contribution in [0.1, 0.15) is 10.5 Å². The topological polar surface area (TPSA) is 72.2 Å². The van der Waals surface area contributed by atoms with Crippen LogP contribution in [0, 0.1) is 5.82 Å². The van der Waals surface area contributed by atoms with Gasteiger partial charge in [-0.3, -0.25) is 4.79 Å². The smallest absolute Gasteiger partial charge is 0.360 e. The van der Waals surface area contributed by atoms with Crippen LogP contribution < -0.4 is 5.43 Å². The molecule has 0 spiro atoms. The first-order valence-electron chi connectivity index (χ1n) is 4.78. The van der Waals surface area contributed by atoms with E-state index in [9.17, 15) is 14.0 Å². The number of rotatable bonds is 2. The van der Waals surface area contributed by atoms with Crippen LogP contribution in [-0.4, -0.2) is 20.9 Å². The maximum absolute atomic E-state index is 13.0. The molecular formula is C11H6ClFN2O3. The zero-order valence-corrected chi connectivity index (χ0v) is 9.56. The predicted octanol–water partition coefficient (Wildman–Crippen LogP) is 1.72. The van der Waals surface area contributed by atoms with Gasteiger partial charge in [-0.1, -0.05) is 11.6 Å². The fourth-order valence-corrected chi connectivity index (χ4v) is 1.50. The van der Waals surface area contributed by atoms with E-state index in [0.29, 0.717) is 5.69 Å². The molecule has 0 aliphatic rings. The first kappa shape index (κ1) is 12.3. The van der Waals surface area contributed by atoms with Crippen molar-refractivity contribution in [2.75, 3.05) is 0 Å². The Morgan fingerprint density at radius 1 is 1.39 bits per heavy atom. The van der Waals surface area contributed by atoms with E-state index in [1.807, 2.05) is 0 Å². The highest BCUT2D eigenvalue weighted by atomic mass is 35.5. The highest BCUT2D eigenvalue weighted by molar-refractivity contribution is 6.30. The van der Waals surface area contributed by atoms with Gasteiger partial charge in [0.25, 0.3) is 0 Å². The number of hydrogen-bond acceptors (Lipinski definition) is 3. The van der Waals surface area contributed by atoms with Crippen LogP contribution >= 0.6 is 11.6 Å². The molecule has 0 unspecified atom stereocenters. The van der Waals surface area contributed by atoms with E-state index in [2.05, 4.69) is 5.10 Å². The normalized spacial score (nSPS) is 10.3. The quantitative estimate of drug-likeness (QED) is 0.900. The first-order valence-corrected chi connectivity index (χ1v) is 5.15. The highest BCUT2D eigenvalue weighted by Crippen LogP contribution is 2.17. The van der Waals surface area contributed by atoms with E-state index in [1.165, 1.54) is 18.3 Å². The lowest BCUT2D eigenvalue weighted by Crippen LogP contribution is -2.20. The summed E-state index contributed by atoms with van der Waals surface area (Å²) in [5.74, 6) is -2.03. The van der Waals surface area contributed by atoms with Crippen molar-refractivity contribution >= 4 is 17.6 Å². The van der Waals surface area contributed by atoms with Gasteiger partial charge in [0.05, 0.1) is 10.7 Å². The molecular weight excluding hydrogens is 263 g/mol. The molecule has 18 heavy (non-hydrogen) atoms. The summed E-state index contributed by atoms with van der Waals surface area (Å²) >= 11 is 5.60. The van der Waals surface area contributed by atoms with Crippen molar-refractivity contribution in [1.29, 1.82) is 0 Å². The number of carboxylic acids is 1. The van der Waals surface area contributed by atoms with Crippen molar-refractivity contribution in [2.45, 2.75) is 0 Å². The van der Waals surface area contributed by atoms with Crippen molar-refractivity contribution in [3.63, 3.8) is 0 Å². The number of carboxylic acid groups (broad SMARTS) is 1. The molecule has 1 heterocycles. The van der Waals surface area contributed by atoms with Crippen LogP contribution in [0.15, 0.2) is 35.3 Å². The van der Waals surface area contributed by atoms with Crippen molar-refractivity contribution in [2.24, 2.45) is 0 Å². The first-order chi connectivity index (χ1) is 8.49. The number of aromatic nitrogens is 2. The highest BCUT2D eigenvalue weighted by Gasteiger charge is 2.11. The van der Waals surface area contributed by atoms with E-state index < -0.39 is 22.9 Å². The van der Waals surface area contributed by atoms with Crippen LogP contribution in [0.4, 0.5) is 4.39 Å². The Labute approximate surface area is 105 Å². The Kier molecular flexibility index (Phi) is 3.12. The average molecular weight is 269 g/mol. The largest absolute Gasteiger partial charge is 0.476 e. The van der Waals surface area contributed by atoms with Gasteiger partial charge < -0.3 is 5.11 Å². The molecule has 0 amide bonds. The average Bonchev–Trinajstić information content (AvgIpc) is 2.33. The van der Waals surface area contributed by atoms with Crippen LogP contribution in [0.2, 0.25) is 5.02 Å². The Hall–Kier alpha value is -2.21. The second kappa shape index (κ2) is 4.58. The maximum Gasteiger partial charge on any atom is 0.360 e. The lowest BCUT2D eigenvalue weighted by molar-refractivity contribution is 0.0687. The molecule has 1 N–H and O–H groups in total. The summed E-state index contributed by atoms with van der Waals surface area (Å²) in [6.07, 6.45) is 1.28. The Morgan fingerprint density at radius 3 is 2.72 bits per heavy atom. The third-order valence-electron chi connectivity index (χ3n) is 2.18. The minimum atomic E-state index is -1.43. The minimum Gasteiger partial charge on any atom is -0.476 e. The zero-order chi connectivity index (χ0) is 13.3. The van der Waals surface area contributed by atoms with Gasteiger partial charge in [-0.25, -0.2) is 13.9 Å². The summed E-state index contributed by atoms with van der Waals surface area (Å²) in [4.78, 5) is 22.0. The summed E-state index contributed by atoms with van der Waals surface area (Å²) in [7, 11) is 0. The van der Waals surface area contributed by atoms with Gasteiger partial charge in [-0.15, -0.1) is 0 Å². The molecule has 0 bridgehead atoms. The Bertz CT molecular complexity index is 684. The second-order valence-electron chi connectivity index (χ2n) is 3.38. The Morgan fingerprint density at radius 2 is 2.11 bits per heavy atom. The summed E-state index contributed by atoms with van der Waals surface area (Å²) < 4.78 is 14.1. The summed E-state index contributed by atoms with van der Waals surface area (Å²) in [5.41, 5.74) is -0.964. The Balaban J connectivity index is 2.57. The van der Waals surface area contributed by atoms with Crippen LogP contribution in [0.3, 0.4) is 0 Å². The molecule has 0 saturated heterocycles. The third kappa shape index (κ3) is 2.23. The molecule has 5 nitrogen and oxygen atoms in total. The molecule has 0 aliphatic carbocycles. The monoisotopic (exact) mass is 268 g/mol. The van der Waals surface area contributed by atoms with Crippen molar-refractivity contribution in [1.82, 2.24) is 9.78 Å². The molecule has 0 aliphatic heterocycles. The van der Waals surface area contributed by atoms with Crippen LogP contribution in [0.25, 0.3) is 5.69 Å². The maximum atomic E-state index is 13.0. The van der Waals surface area contributed by atoms with E-state index in [1.54, 1.807) is 0 Å².